The van der Waals surface area contributed by atoms with E-state index in [1.54, 1.807) is 0 Å². The monoisotopic (exact) mass is 307 g/mol. The summed E-state index contributed by atoms with van der Waals surface area (Å²) in [7, 11) is 1.26. The lowest BCUT2D eigenvalue weighted by molar-refractivity contribution is -0.145. The molecule has 1 N–H and O–H groups in total. The highest BCUT2D eigenvalue weighted by molar-refractivity contribution is 5.82. The Bertz CT molecular complexity index is 505. The van der Waals surface area contributed by atoms with E-state index < -0.39 is 24.2 Å². The van der Waals surface area contributed by atoms with E-state index in [9.17, 15) is 14.7 Å². The maximum atomic E-state index is 12.0. The molecule has 1 aliphatic rings. The zero-order chi connectivity index (χ0) is 15.9. The van der Waals surface area contributed by atoms with E-state index in [2.05, 4.69) is 4.74 Å². The lowest BCUT2D eigenvalue weighted by Gasteiger charge is -2.21. The third-order valence-electron chi connectivity index (χ3n) is 3.66. The molecule has 1 heterocycles. The normalized spacial score (nSPS) is 20.7. The summed E-state index contributed by atoms with van der Waals surface area (Å²) < 4.78 is 9.84. The van der Waals surface area contributed by atoms with Crippen molar-refractivity contribution >= 4 is 12.1 Å². The van der Waals surface area contributed by atoms with Gasteiger partial charge in [0.2, 0.25) is 0 Å². The first-order valence-corrected chi connectivity index (χ1v) is 7.35. The van der Waals surface area contributed by atoms with Gasteiger partial charge < -0.3 is 14.6 Å². The highest BCUT2D eigenvalue weighted by Gasteiger charge is 2.40. The SMILES string of the molecule is COC(=O)C1C[C@@H](O)CN1C(=O)OCCCc1ccccc1. The fourth-order valence-electron chi connectivity index (χ4n) is 2.54. The summed E-state index contributed by atoms with van der Waals surface area (Å²) in [6.07, 6.45) is 0.402. The smallest absolute Gasteiger partial charge is 0.410 e. The van der Waals surface area contributed by atoms with Gasteiger partial charge in [-0.3, -0.25) is 4.90 Å². The number of carbonyl (C=O) groups excluding carboxylic acids is 2. The van der Waals surface area contributed by atoms with Crippen molar-refractivity contribution in [1.82, 2.24) is 4.90 Å². The van der Waals surface area contributed by atoms with Crippen LogP contribution in [-0.4, -0.2) is 54.5 Å². The number of esters is 1. The molecule has 1 unspecified atom stereocenters. The minimum atomic E-state index is -0.762. The molecule has 2 atom stereocenters. The van der Waals surface area contributed by atoms with E-state index in [0.717, 1.165) is 6.42 Å². The maximum absolute atomic E-state index is 12.0. The van der Waals surface area contributed by atoms with Crippen LogP contribution < -0.4 is 0 Å². The number of hydrogen-bond donors (Lipinski definition) is 1. The number of nitrogens with zero attached hydrogens (tertiary/aromatic N) is 1. The van der Waals surface area contributed by atoms with Crippen LogP contribution in [0.1, 0.15) is 18.4 Å². The van der Waals surface area contributed by atoms with Crippen LogP contribution >= 0.6 is 0 Å². The van der Waals surface area contributed by atoms with Gasteiger partial charge in [-0.15, -0.1) is 0 Å². The number of amides is 1. The standard InChI is InChI=1S/C16H21NO5/c1-21-15(19)14-10-13(18)11-17(14)16(20)22-9-5-8-12-6-3-2-4-7-12/h2-4,6-7,13-14,18H,5,8-11H2,1H3/t13-,14?/m1/s1. The van der Waals surface area contributed by atoms with Crippen molar-refractivity contribution in [3.05, 3.63) is 35.9 Å². The van der Waals surface area contributed by atoms with Gasteiger partial charge in [0.05, 0.1) is 26.4 Å². The molecule has 0 spiro atoms. The van der Waals surface area contributed by atoms with Crippen LogP contribution in [0.15, 0.2) is 30.3 Å². The molecule has 1 aromatic carbocycles. The number of ether oxygens (including phenoxy) is 2. The van der Waals surface area contributed by atoms with Gasteiger partial charge in [-0.1, -0.05) is 30.3 Å². The molecule has 0 aliphatic carbocycles. The summed E-state index contributed by atoms with van der Waals surface area (Å²) in [5, 5.41) is 9.63. The van der Waals surface area contributed by atoms with Crippen molar-refractivity contribution in [2.75, 3.05) is 20.3 Å². The van der Waals surface area contributed by atoms with Crippen molar-refractivity contribution < 1.29 is 24.2 Å². The molecule has 1 saturated heterocycles. The molecule has 0 aromatic heterocycles. The molecule has 1 aliphatic heterocycles. The fourth-order valence-corrected chi connectivity index (χ4v) is 2.54. The predicted molar refractivity (Wildman–Crippen MR) is 79.2 cm³/mol. The van der Waals surface area contributed by atoms with Crippen LogP contribution in [0.2, 0.25) is 0 Å². The van der Waals surface area contributed by atoms with Crippen molar-refractivity contribution in [3.8, 4) is 0 Å². The van der Waals surface area contributed by atoms with Crippen molar-refractivity contribution in [3.63, 3.8) is 0 Å². The van der Waals surface area contributed by atoms with E-state index >= 15 is 0 Å². The lowest BCUT2D eigenvalue weighted by Crippen LogP contribution is -2.41. The number of methoxy groups -OCH3 is 1. The van der Waals surface area contributed by atoms with Gasteiger partial charge in [0.15, 0.2) is 0 Å². The van der Waals surface area contributed by atoms with Gasteiger partial charge >= 0.3 is 12.1 Å². The van der Waals surface area contributed by atoms with Crippen LogP contribution in [0.4, 0.5) is 4.79 Å². The van der Waals surface area contributed by atoms with E-state index in [1.807, 2.05) is 30.3 Å². The number of benzene rings is 1. The summed E-state index contributed by atoms with van der Waals surface area (Å²) in [5.41, 5.74) is 1.18. The topological polar surface area (TPSA) is 76.1 Å². The van der Waals surface area contributed by atoms with E-state index in [1.165, 1.54) is 17.6 Å². The Kier molecular flexibility index (Phi) is 5.77. The molecule has 6 nitrogen and oxygen atoms in total. The molecule has 6 heteroatoms. The maximum Gasteiger partial charge on any atom is 0.410 e. The Morgan fingerprint density at radius 1 is 1.32 bits per heavy atom. The van der Waals surface area contributed by atoms with E-state index in [0.29, 0.717) is 6.42 Å². The Hall–Kier alpha value is -2.08. The average Bonchev–Trinajstić information content (AvgIpc) is 2.93. The third kappa shape index (κ3) is 4.21. The molecule has 0 saturated carbocycles. The predicted octanol–water partition coefficient (Wildman–Crippen LogP) is 1.36. The van der Waals surface area contributed by atoms with Crippen LogP contribution in [-0.2, 0) is 20.7 Å². The van der Waals surface area contributed by atoms with Crippen molar-refractivity contribution in [2.24, 2.45) is 0 Å². The molecule has 0 bridgehead atoms. The second-order valence-electron chi connectivity index (χ2n) is 5.28. The summed E-state index contributed by atoms with van der Waals surface area (Å²) >= 11 is 0. The first-order chi connectivity index (χ1) is 10.6. The molecular formula is C16H21NO5. The van der Waals surface area contributed by atoms with Crippen molar-refractivity contribution in [1.29, 1.82) is 0 Å². The second-order valence-corrected chi connectivity index (χ2v) is 5.28. The minimum Gasteiger partial charge on any atom is -0.467 e. The zero-order valence-corrected chi connectivity index (χ0v) is 12.6. The number of β-amino-alcohol motifs (C(OH)–C–C–N with tert-alkyl or cyclic N) is 1. The highest BCUT2D eigenvalue weighted by atomic mass is 16.6. The summed E-state index contributed by atoms with van der Waals surface area (Å²) in [6, 6.07) is 9.16. The zero-order valence-electron chi connectivity index (χ0n) is 12.6. The number of aryl methyl sites for hydroxylation is 1. The van der Waals surface area contributed by atoms with E-state index in [-0.39, 0.29) is 19.6 Å². The number of likely N-dealkylation sites (tertiary alicyclic amines) is 1. The quantitative estimate of drug-likeness (QED) is 0.656. The third-order valence-corrected chi connectivity index (χ3v) is 3.66. The number of hydrogen-bond acceptors (Lipinski definition) is 5. The fraction of sp³-hybridized carbons (Fsp3) is 0.500. The second kappa shape index (κ2) is 7.79. The summed E-state index contributed by atoms with van der Waals surface area (Å²) in [6.45, 7) is 0.367. The Morgan fingerprint density at radius 2 is 2.05 bits per heavy atom. The number of rotatable bonds is 5. The molecule has 0 radical (unpaired) electrons. The van der Waals surface area contributed by atoms with Gasteiger partial charge in [-0.25, -0.2) is 9.59 Å². The molecule has 120 valence electrons. The molecule has 2 rings (SSSR count). The van der Waals surface area contributed by atoms with Crippen LogP contribution in [0.25, 0.3) is 0 Å². The van der Waals surface area contributed by atoms with Crippen LogP contribution in [0, 0.1) is 0 Å². The molecule has 22 heavy (non-hydrogen) atoms. The first-order valence-electron chi connectivity index (χ1n) is 7.35. The molecular weight excluding hydrogens is 286 g/mol. The van der Waals surface area contributed by atoms with Gasteiger partial charge in [-0.05, 0) is 18.4 Å². The Balaban J connectivity index is 1.77. The molecule has 1 aromatic rings. The summed E-state index contributed by atoms with van der Waals surface area (Å²) in [5.74, 6) is -0.530. The van der Waals surface area contributed by atoms with Gasteiger partial charge in [0.25, 0.3) is 0 Å². The largest absolute Gasteiger partial charge is 0.467 e. The minimum absolute atomic E-state index is 0.0945. The van der Waals surface area contributed by atoms with E-state index in [4.69, 9.17) is 4.74 Å². The molecule has 1 fully saturated rings. The Labute approximate surface area is 129 Å². The van der Waals surface area contributed by atoms with Crippen molar-refractivity contribution in [2.45, 2.75) is 31.4 Å². The first kappa shape index (κ1) is 16.3. The number of aliphatic hydroxyl groups is 1. The average molecular weight is 307 g/mol. The van der Waals surface area contributed by atoms with Gasteiger partial charge in [-0.2, -0.15) is 0 Å². The van der Waals surface area contributed by atoms with Crippen LogP contribution in [0.3, 0.4) is 0 Å². The molecule has 1 amide bonds. The highest BCUT2D eigenvalue weighted by Crippen LogP contribution is 2.20. The number of aliphatic hydroxyl groups excluding tert-OH is 1. The van der Waals surface area contributed by atoms with Gasteiger partial charge in [0, 0.05) is 6.42 Å². The lowest BCUT2D eigenvalue weighted by atomic mass is 10.1. The summed E-state index contributed by atoms with van der Waals surface area (Å²) in [4.78, 5) is 24.9. The van der Waals surface area contributed by atoms with Gasteiger partial charge in [0.1, 0.15) is 6.04 Å². The number of carbonyl (C=O) groups is 2. The Morgan fingerprint density at radius 3 is 2.73 bits per heavy atom. The van der Waals surface area contributed by atoms with Crippen LogP contribution in [0.5, 0.6) is 0 Å².